The average molecular weight is 990 g/mol. The maximum Gasteiger partial charge on any atom is 0.0508 e. The topological polar surface area (TPSA) is 3.24 Å². The van der Waals surface area contributed by atoms with Crippen LogP contribution in [0.1, 0.15) is 89.2 Å². The molecule has 0 amide bonds. The smallest absolute Gasteiger partial charge is 0.0508 e. The molecule has 0 heterocycles. The Balaban J connectivity index is 1.03. The van der Waals surface area contributed by atoms with Crippen molar-refractivity contribution in [3.8, 4) is 66.8 Å². The van der Waals surface area contributed by atoms with Gasteiger partial charge in [-0.25, -0.2) is 0 Å². The highest BCUT2D eigenvalue weighted by molar-refractivity contribution is 5.94. The third-order valence-electron chi connectivity index (χ3n) is 17.3. The van der Waals surface area contributed by atoms with Crippen LogP contribution in [-0.4, -0.2) is 0 Å². The normalized spacial score (nSPS) is 13.5. The summed E-state index contributed by atoms with van der Waals surface area (Å²) < 4.78 is 0. The van der Waals surface area contributed by atoms with E-state index in [0.717, 1.165) is 11.4 Å². The summed E-state index contributed by atoms with van der Waals surface area (Å²) in [5.41, 5.74) is 31.3. The number of anilines is 3. The number of fused-ring (bicyclic) bond motifs is 6. The second kappa shape index (κ2) is 18.8. The maximum absolute atomic E-state index is 2.54. The summed E-state index contributed by atoms with van der Waals surface area (Å²) in [5, 5.41) is 0. The van der Waals surface area contributed by atoms with E-state index in [2.05, 4.69) is 302 Å². The maximum atomic E-state index is 2.54. The van der Waals surface area contributed by atoms with E-state index in [1.807, 2.05) is 0 Å². The lowest BCUT2D eigenvalue weighted by Crippen LogP contribution is -2.21. The average Bonchev–Trinajstić information content (AvgIpc) is 4.09. The minimum Gasteiger partial charge on any atom is -0.310 e. The van der Waals surface area contributed by atoms with Gasteiger partial charge in [-0.05, 0) is 173 Å². The quantitative estimate of drug-likeness (QED) is 0.123. The van der Waals surface area contributed by atoms with E-state index in [0.29, 0.717) is 0 Å². The van der Waals surface area contributed by atoms with Crippen molar-refractivity contribution >= 4 is 17.1 Å². The van der Waals surface area contributed by atoms with Crippen LogP contribution < -0.4 is 4.90 Å². The van der Waals surface area contributed by atoms with Crippen LogP contribution in [0, 0.1) is 20.8 Å². The Bertz CT molecular complexity index is 4000. The molecular weight excluding hydrogens is 927 g/mol. The molecular formula is C76H63N. The van der Waals surface area contributed by atoms with Crippen LogP contribution >= 0.6 is 0 Å². The molecule has 0 spiro atoms. The van der Waals surface area contributed by atoms with Crippen LogP contribution in [0.4, 0.5) is 17.1 Å². The van der Waals surface area contributed by atoms with Crippen molar-refractivity contribution in [1.29, 1.82) is 0 Å². The van der Waals surface area contributed by atoms with Crippen LogP contribution in [0.15, 0.2) is 249 Å². The number of hydrogen-bond acceptors (Lipinski definition) is 1. The molecule has 0 saturated carbocycles. The molecule has 11 aromatic rings. The minimum atomic E-state index is -0.220. The van der Waals surface area contributed by atoms with Crippen LogP contribution in [0.25, 0.3) is 66.8 Å². The van der Waals surface area contributed by atoms with E-state index in [1.54, 1.807) is 0 Å². The van der Waals surface area contributed by atoms with Crippen molar-refractivity contribution in [1.82, 2.24) is 0 Å². The lowest BCUT2D eigenvalue weighted by molar-refractivity contribution is 0.658. The Kier molecular flexibility index (Phi) is 11.7. The van der Waals surface area contributed by atoms with Crippen LogP contribution in [-0.2, 0) is 10.8 Å². The summed E-state index contributed by atoms with van der Waals surface area (Å²) >= 11 is 0. The predicted molar refractivity (Wildman–Crippen MR) is 326 cm³/mol. The molecule has 0 aromatic heterocycles. The fourth-order valence-corrected chi connectivity index (χ4v) is 13.5. The molecule has 2 aliphatic carbocycles. The van der Waals surface area contributed by atoms with Crippen molar-refractivity contribution in [3.63, 3.8) is 0 Å². The first-order valence-electron chi connectivity index (χ1n) is 27.4. The van der Waals surface area contributed by atoms with Gasteiger partial charge in [0.05, 0.1) is 5.69 Å². The highest BCUT2D eigenvalue weighted by Gasteiger charge is 2.40. The lowest BCUT2D eigenvalue weighted by Gasteiger charge is -2.33. The van der Waals surface area contributed by atoms with Crippen molar-refractivity contribution in [3.05, 3.63) is 304 Å². The standard InChI is InChI=1S/C76H63N/c1-49-24-8-11-27-55(49)59-30-14-16-34-64(59)73(65-35-17-15-31-60(65)56-28-12-9-25-50(56)2)67-38-22-36-58(72(67)57-29-13-10-26-51(57)3)52-42-44-53(45-43-52)77(54-46-47-63-61-32-18-20-39-68(61)75(4,5)70(63)48-54)71-41-23-37-66-62-33-19-21-40-69(62)76(6,7)74(66)71/h8-48,73H,1-7H3. The molecule has 0 fully saturated rings. The van der Waals surface area contributed by atoms with E-state index in [-0.39, 0.29) is 16.7 Å². The van der Waals surface area contributed by atoms with Crippen molar-refractivity contribution in [2.24, 2.45) is 0 Å². The first-order chi connectivity index (χ1) is 37.5. The van der Waals surface area contributed by atoms with Gasteiger partial charge >= 0.3 is 0 Å². The molecule has 0 radical (unpaired) electrons. The molecule has 77 heavy (non-hydrogen) atoms. The zero-order valence-electron chi connectivity index (χ0n) is 45.2. The summed E-state index contributed by atoms with van der Waals surface area (Å²) in [5.74, 6) is -0.131. The summed E-state index contributed by atoms with van der Waals surface area (Å²) in [6, 6.07) is 93.5. The monoisotopic (exact) mass is 989 g/mol. The first-order valence-corrected chi connectivity index (χ1v) is 27.4. The van der Waals surface area contributed by atoms with Crippen LogP contribution in [0.2, 0.25) is 0 Å². The number of rotatable bonds is 10. The van der Waals surface area contributed by atoms with Gasteiger partial charge in [0.2, 0.25) is 0 Å². The van der Waals surface area contributed by atoms with E-state index < -0.39 is 0 Å². The fourth-order valence-electron chi connectivity index (χ4n) is 13.5. The second-order valence-electron chi connectivity index (χ2n) is 22.5. The molecule has 0 aliphatic heterocycles. The Hall–Kier alpha value is -8.78. The van der Waals surface area contributed by atoms with Gasteiger partial charge in [0.1, 0.15) is 0 Å². The summed E-state index contributed by atoms with van der Waals surface area (Å²) in [6.45, 7) is 16.3. The first kappa shape index (κ1) is 47.9. The molecule has 2 aliphatic rings. The lowest BCUT2D eigenvalue weighted by atomic mass is 9.74. The third-order valence-corrected chi connectivity index (χ3v) is 17.3. The van der Waals surface area contributed by atoms with Crippen molar-refractivity contribution in [2.45, 2.75) is 65.2 Å². The molecule has 0 unspecified atom stereocenters. The van der Waals surface area contributed by atoms with Gasteiger partial charge in [-0.1, -0.05) is 246 Å². The highest BCUT2D eigenvalue weighted by atomic mass is 15.1. The van der Waals surface area contributed by atoms with E-state index in [9.17, 15) is 0 Å². The number of benzene rings is 11. The molecule has 11 aromatic carbocycles. The molecule has 0 saturated heterocycles. The Morgan fingerprint density at radius 2 is 0.714 bits per heavy atom. The van der Waals surface area contributed by atoms with E-state index in [4.69, 9.17) is 0 Å². The number of hydrogen-bond donors (Lipinski definition) is 0. The zero-order valence-corrected chi connectivity index (χ0v) is 45.2. The minimum absolute atomic E-state index is 0.131. The highest BCUT2D eigenvalue weighted by Crippen LogP contribution is 2.56. The molecule has 372 valence electrons. The van der Waals surface area contributed by atoms with Crippen LogP contribution in [0.5, 0.6) is 0 Å². The van der Waals surface area contributed by atoms with Gasteiger partial charge in [0, 0.05) is 28.1 Å². The fraction of sp³-hybridized carbons (Fsp3) is 0.132. The van der Waals surface area contributed by atoms with E-state index in [1.165, 1.54) is 128 Å². The zero-order chi connectivity index (χ0) is 52.6. The van der Waals surface area contributed by atoms with Gasteiger partial charge in [-0.15, -0.1) is 0 Å². The molecule has 0 N–H and O–H groups in total. The van der Waals surface area contributed by atoms with E-state index >= 15 is 0 Å². The van der Waals surface area contributed by atoms with Gasteiger partial charge in [0.25, 0.3) is 0 Å². The van der Waals surface area contributed by atoms with Crippen molar-refractivity contribution < 1.29 is 0 Å². The van der Waals surface area contributed by atoms with Gasteiger partial charge in [-0.2, -0.15) is 0 Å². The van der Waals surface area contributed by atoms with Gasteiger partial charge in [-0.3, -0.25) is 0 Å². The number of aryl methyl sites for hydroxylation is 3. The molecule has 0 atom stereocenters. The Morgan fingerprint density at radius 1 is 0.299 bits per heavy atom. The Labute approximate surface area is 455 Å². The SMILES string of the molecule is Cc1ccccc1-c1ccccc1C(c1ccccc1-c1ccccc1C)c1cccc(-c2ccc(N(c3ccc4c(c3)C(C)(C)c3ccccc3-4)c3cccc4c3C(C)(C)c3ccccc3-4)cc2)c1-c1ccccc1C. The number of nitrogens with zero attached hydrogens (tertiary/aromatic N) is 1. The second-order valence-corrected chi connectivity index (χ2v) is 22.5. The van der Waals surface area contributed by atoms with Gasteiger partial charge in [0.15, 0.2) is 0 Å². The van der Waals surface area contributed by atoms with Gasteiger partial charge < -0.3 is 4.90 Å². The molecule has 13 rings (SSSR count). The molecule has 1 nitrogen and oxygen atoms in total. The third kappa shape index (κ3) is 7.82. The van der Waals surface area contributed by atoms with Crippen molar-refractivity contribution in [2.75, 3.05) is 4.90 Å². The summed E-state index contributed by atoms with van der Waals surface area (Å²) in [6.07, 6.45) is 0. The Morgan fingerprint density at radius 3 is 1.30 bits per heavy atom. The molecule has 1 heteroatoms. The largest absolute Gasteiger partial charge is 0.310 e. The predicted octanol–water partition coefficient (Wildman–Crippen LogP) is 20.5. The van der Waals surface area contributed by atoms with Crippen LogP contribution in [0.3, 0.4) is 0 Å². The summed E-state index contributed by atoms with van der Waals surface area (Å²) in [7, 11) is 0. The summed E-state index contributed by atoms with van der Waals surface area (Å²) in [4.78, 5) is 2.54. The molecule has 0 bridgehead atoms.